The van der Waals surface area contributed by atoms with Gasteiger partial charge in [0, 0.05) is 23.1 Å². The zero-order chi connectivity index (χ0) is 20.8. The molecule has 30 heavy (non-hydrogen) atoms. The van der Waals surface area contributed by atoms with Crippen LogP contribution in [-0.4, -0.2) is 16.1 Å². The SMILES string of the molecule is O=[N+]([O-])c1cccc(-c2csc(N/N=C/c3cccc(Oc4ccccc4)c3)n2)c1. The molecule has 0 radical (unpaired) electrons. The molecule has 0 aliphatic rings. The summed E-state index contributed by atoms with van der Waals surface area (Å²) >= 11 is 1.37. The van der Waals surface area contributed by atoms with E-state index in [1.807, 2.05) is 60.0 Å². The van der Waals surface area contributed by atoms with Crippen molar-refractivity contribution in [1.82, 2.24) is 4.98 Å². The lowest BCUT2D eigenvalue weighted by Crippen LogP contribution is -1.91. The molecular formula is C22H16N4O3S. The smallest absolute Gasteiger partial charge is 0.270 e. The Morgan fingerprint density at radius 1 is 1.00 bits per heavy atom. The molecule has 0 aliphatic heterocycles. The van der Waals surface area contributed by atoms with Crippen molar-refractivity contribution in [1.29, 1.82) is 0 Å². The molecule has 4 rings (SSSR count). The Labute approximate surface area is 176 Å². The summed E-state index contributed by atoms with van der Waals surface area (Å²) in [7, 11) is 0. The van der Waals surface area contributed by atoms with Crippen LogP contribution in [0.1, 0.15) is 5.56 Å². The van der Waals surface area contributed by atoms with Crippen molar-refractivity contribution in [2.24, 2.45) is 5.10 Å². The van der Waals surface area contributed by atoms with Gasteiger partial charge in [-0.15, -0.1) is 11.3 Å². The molecule has 4 aromatic rings. The van der Waals surface area contributed by atoms with Crippen molar-refractivity contribution in [2.75, 3.05) is 5.43 Å². The third kappa shape index (κ3) is 4.86. The molecule has 0 unspecified atom stereocenters. The van der Waals surface area contributed by atoms with E-state index in [1.54, 1.807) is 18.3 Å². The first-order valence-electron chi connectivity index (χ1n) is 9.00. The lowest BCUT2D eigenvalue weighted by molar-refractivity contribution is -0.384. The van der Waals surface area contributed by atoms with Crippen LogP contribution in [-0.2, 0) is 0 Å². The quantitative estimate of drug-likeness (QED) is 0.228. The lowest BCUT2D eigenvalue weighted by Gasteiger charge is -2.05. The summed E-state index contributed by atoms with van der Waals surface area (Å²) in [5.74, 6) is 1.48. The van der Waals surface area contributed by atoms with E-state index >= 15 is 0 Å². The van der Waals surface area contributed by atoms with Crippen LogP contribution in [0.5, 0.6) is 11.5 Å². The van der Waals surface area contributed by atoms with Gasteiger partial charge in [-0.3, -0.25) is 15.5 Å². The number of hydrogen-bond acceptors (Lipinski definition) is 7. The summed E-state index contributed by atoms with van der Waals surface area (Å²) in [6.45, 7) is 0. The maximum Gasteiger partial charge on any atom is 0.270 e. The zero-order valence-electron chi connectivity index (χ0n) is 15.6. The number of aromatic nitrogens is 1. The summed E-state index contributed by atoms with van der Waals surface area (Å²) in [4.78, 5) is 14.9. The van der Waals surface area contributed by atoms with E-state index in [-0.39, 0.29) is 5.69 Å². The molecule has 1 heterocycles. The van der Waals surface area contributed by atoms with Gasteiger partial charge in [0.1, 0.15) is 11.5 Å². The highest BCUT2D eigenvalue weighted by Gasteiger charge is 2.09. The molecule has 1 aromatic heterocycles. The maximum atomic E-state index is 10.9. The fourth-order valence-electron chi connectivity index (χ4n) is 2.68. The van der Waals surface area contributed by atoms with Crippen LogP contribution in [0.25, 0.3) is 11.3 Å². The molecule has 3 aromatic carbocycles. The number of hydrogen-bond donors (Lipinski definition) is 1. The van der Waals surface area contributed by atoms with E-state index in [0.717, 1.165) is 11.3 Å². The molecule has 0 amide bonds. The zero-order valence-corrected chi connectivity index (χ0v) is 16.5. The van der Waals surface area contributed by atoms with E-state index in [1.165, 1.54) is 23.5 Å². The number of nitrogens with zero attached hydrogens (tertiary/aromatic N) is 3. The Kier molecular flexibility index (Phi) is 5.77. The number of anilines is 1. The highest BCUT2D eigenvalue weighted by atomic mass is 32.1. The first-order chi connectivity index (χ1) is 14.7. The fraction of sp³-hybridized carbons (Fsp3) is 0. The summed E-state index contributed by atoms with van der Waals surface area (Å²) in [5, 5.41) is 17.6. The number of non-ortho nitro benzene ring substituents is 1. The Bertz CT molecular complexity index is 1190. The number of nitrogens with one attached hydrogen (secondary N) is 1. The molecule has 0 bridgehead atoms. The molecule has 0 saturated carbocycles. The molecule has 0 atom stereocenters. The molecule has 1 N–H and O–H groups in total. The summed E-state index contributed by atoms with van der Waals surface area (Å²) in [6, 6.07) is 23.5. The number of thiazole rings is 1. The van der Waals surface area contributed by atoms with Gasteiger partial charge in [-0.25, -0.2) is 4.98 Å². The van der Waals surface area contributed by atoms with Crippen LogP contribution in [0.4, 0.5) is 10.8 Å². The first-order valence-corrected chi connectivity index (χ1v) is 9.88. The molecule has 148 valence electrons. The molecule has 0 saturated heterocycles. The lowest BCUT2D eigenvalue weighted by atomic mass is 10.1. The van der Waals surface area contributed by atoms with Crippen LogP contribution in [0, 0.1) is 10.1 Å². The van der Waals surface area contributed by atoms with Crippen LogP contribution < -0.4 is 10.2 Å². The van der Waals surface area contributed by atoms with Crippen LogP contribution >= 0.6 is 11.3 Å². The standard InChI is InChI=1S/C22H16N4O3S/c27-26(28)18-8-5-7-17(13-18)21-15-30-22(24-21)25-23-14-16-6-4-11-20(12-16)29-19-9-2-1-3-10-19/h1-15H,(H,24,25)/b23-14+. The second-order valence-electron chi connectivity index (χ2n) is 6.20. The highest BCUT2D eigenvalue weighted by molar-refractivity contribution is 7.14. The van der Waals surface area contributed by atoms with Crippen molar-refractivity contribution in [3.63, 3.8) is 0 Å². The summed E-state index contributed by atoms with van der Waals surface area (Å²) in [5.41, 5.74) is 5.13. The minimum Gasteiger partial charge on any atom is -0.457 e. The van der Waals surface area contributed by atoms with Crippen LogP contribution in [0.15, 0.2) is 89.3 Å². The van der Waals surface area contributed by atoms with Gasteiger partial charge in [0.05, 0.1) is 16.8 Å². The van der Waals surface area contributed by atoms with Crippen molar-refractivity contribution >= 4 is 28.4 Å². The number of rotatable bonds is 7. The maximum absolute atomic E-state index is 10.9. The van der Waals surface area contributed by atoms with Gasteiger partial charge in [0.2, 0.25) is 5.13 Å². The van der Waals surface area contributed by atoms with Gasteiger partial charge in [-0.05, 0) is 29.8 Å². The Balaban J connectivity index is 1.41. The van der Waals surface area contributed by atoms with Crippen molar-refractivity contribution < 1.29 is 9.66 Å². The number of nitro benzene ring substituents is 1. The Morgan fingerprint density at radius 2 is 1.80 bits per heavy atom. The van der Waals surface area contributed by atoms with Crippen molar-refractivity contribution in [2.45, 2.75) is 0 Å². The number of para-hydroxylation sites is 1. The minimum absolute atomic E-state index is 0.0330. The molecule has 0 spiro atoms. The van der Waals surface area contributed by atoms with E-state index < -0.39 is 4.92 Å². The molecular weight excluding hydrogens is 400 g/mol. The minimum atomic E-state index is -0.422. The second-order valence-corrected chi connectivity index (χ2v) is 7.06. The summed E-state index contributed by atoms with van der Waals surface area (Å²) < 4.78 is 5.82. The molecule has 7 nitrogen and oxygen atoms in total. The number of benzene rings is 3. The van der Waals surface area contributed by atoms with E-state index in [0.29, 0.717) is 22.1 Å². The largest absolute Gasteiger partial charge is 0.457 e. The normalized spacial score (nSPS) is 10.8. The monoisotopic (exact) mass is 416 g/mol. The molecule has 0 fully saturated rings. The Morgan fingerprint density at radius 3 is 2.63 bits per heavy atom. The predicted octanol–water partition coefficient (Wildman–Crippen LogP) is 5.96. The average Bonchev–Trinajstić information content (AvgIpc) is 3.24. The van der Waals surface area contributed by atoms with Gasteiger partial charge in [0.25, 0.3) is 5.69 Å². The van der Waals surface area contributed by atoms with Gasteiger partial charge >= 0.3 is 0 Å². The third-order valence-corrected chi connectivity index (χ3v) is 4.81. The van der Waals surface area contributed by atoms with E-state index in [9.17, 15) is 10.1 Å². The van der Waals surface area contributed by atoms with Gasteiger partial charge in [-0.1, -0.05) is 42.5 Å². The van der Waals surface area contributed by atoms with Gasteiger partial charge in [0.15, 0.2) is 0 Å². The second kappa shape index (κ2) is 8.97. The molecule has 8 heteroatoms. The highest BCUT2D eigenvalue weighted by Crippen LogP contribution is 2.27. The third-order valence-electron chi connectivity index (χ3n) is 4.07. The van der Waals surface area contributed by atoms with Crippen LogP contribution in [0.2, 0.25) is 0 Å². The molecule has 0 aliphatic carbocycles. The van der Waals surface area contributed by atoms with Crippen molar-refractivity contribution in [3.05, 3.63) is 99.9 Å². The number of ether oxygens (including phenoxy) is 1. The van der Waals surface area contributed by atoms with Crippen LogP contribution in [0.3, 0.4) is 0 Å². The predicted molar refractivity (Wildman–Crippen MR) is 118 cm³/mol. The van der Waals surface area contributed by atoms with E-state index in [4.69, 9.17) is 4.74 Å². The summed E-state index contributed by atoms with van der Waals surface area (Å²) in [6.07, 6.45) is 1.67. The topological polar surface area (TPSA) is 89.7 Å². The Hall–Kier alpha value is -4.04. The van der Waals surface area contributed by atoms with Gasteiger partial charge in [-0.2, -0.15) is 5.10 Å². The van der Waals surface area contributed by atoms with Gasteiger partial charge < -0.3 is 4.74 Å². The number of nitro groups is 1. The van der Waals surface area contributed by atoms with E-state index in [2.05, 4.69) is 15.5 Å². The van der Waals surface area contributed by atoms with Crippen molar-refractivity contribution in [3.8, 4) is 22.8 Å². The first kappa shape index (κ1) is 19.3. The fourth-order valence-corrected chi connectivity index (χ4v) is 3.35. The average molecular weight is 416 g/mol. The number of hydrazone groups is 1.